The minimum absolute atomic E-state index is 0.801. The number of rotatable bonds is 3. The highest BCUT2D eigenvalue weighted by atomic mass is 15.3. The molecule has 0 bridgehead atoms. The molecule has 0 aliphatic heterocycles. The van der Waals surface area contributed by atoms with Crippen LogP contribution in [0.25, 0.3) is 28.5 Å². The monoisotopic (exact) mass is 265 g/mol. The Morgan fingerprint density at radius 1 is 1.35 bits per heavy atom. The summed E-state index contributed by atoms with van der Waals surface area (Å²) >= 11 is 0. The van der Waals surface area contributed by atoms with Crippen molar-refractivity contribution in [1.82, 2.24) is 24.7 Å². The third-order valence-electron chi connectivity index (χ3n) is 3.04. The van der Waals surface area contributed by atoms with Crippen LogP contribution in [0, 0.1) is 6.92 Å². The fraction of sp³-hybridized carbons (Fsp3) is 0.133. The Labute approximate surface area is 117 Å². The number of allylic oxidation sites excluding steroid dienone is 1. The van der Waals surface area contributed by atoms with E-state index in [0.717, 1.165) is 34.2 Å². The number of nitrogens with zero attached hydrogens (tertiary/aromatic N) is 4. The Hall–Kier alpha value is -2.69. The van der Waals surface area contributed by atoms with Gasteiger partial charge in [-0.25, -0.2) is 9.67 Å². The molecule has 5 heteroatoms. The molecule has 1 N–H and O–H groups in total. The van der Waals surface area contributed by atoms with Crippen molar-refractivity contribution in [1.29, 1.82) is 0 Å². The van der Waals surface area contributed by atoms with Crippen LogP contribution in [0.2, 0.25) is 0 Å². The van der Waals surface area contributed by atoms with Crippen LogP contribution in [0.4, 0.5) is 0 Å². The minimum atomic E-state index is 0.801. The van der Waals surface area contributed by atoms with Crippen molar-refractivity contribution < 1.29 is 0 Å². The molecule has 0 unspecified atom stereocenters. The molecule has 0 radical (unpaired) electrons. The molecule has 3 aromatic rings. The number of aryl methyl sites for hydroxylation is 1. The molecule has 3 rings (SSSR count). The predicted octanol–water partition coefficient (Wildman–Crippen LogP) is 3.13. The van der Waals surface area contributed by atoms with Crippen LogP contribution in [0.15, 0.2) is 43.4 Å². The number of aromatic amines is 1. The Kier molecular flexibility index (Phi) is 2.95. The van der Waals surface area contributed by atoms with E-state index in [0.29, 0.717) is 0 Å². The highest BCUT2D eigenvalue weighted by Gasteiger charge is 2.13. The molecule has 0 fully saturated rings. The first kappa shape index (κ1) is 12.3. The van der Waals surface area contributed by atoms with Gasteiger partial charge in [-0.05, 0) is 32.0 Å². The summed E-state index contributed by atoms with van der Waals surface area (Å²) in [6.45, 7) is 7.77. The Balaban J connectivity index is 2.02. The molecule has 0 atom stereocenters. The Bertz CT molecular complexity index is 752. The molecule has 3 aromatic heterocycles. The molecule has 0 aromatic carbocycles. The highest BCUT2D eigenvalue weighted by molar-refractivity contribution is 5.64. The summed E-state index contributed by atoms with van der Waals surface area (Å²) < 4.78 is 1.74. The van der Waals surface area contributed by atoms with Crippen molar-refractivity contribution in [3.8, 4) is 22.8 Å². The summed E-state index contributed by atoms with van der Waals surface area (Å²) in [5.74, 6) is 0.801. The van der Waals surface area contributed by atoms with E-state index >= 15 is 0 Å². The SMILES string of the molecule is C=C(C)n1ccc(-c2nc(-c3cccnc3)[nH]c2C)n1. The van der Waals surface area contributed by atoms with Crippen LogP contribution in [0.3, 0.4) is 0 Å². The molecule has 0 saturated heterocycles. The standard InChI is InChI=1S/C15H15N5/c1-10(2)20-8-6-13(19-20)14-11(3)17-15(18-14)12-5-4-7-16-9-12/h4-9H,1H2,2-3H3,(H,17,18). The van der Waals surface area contributed by atoms with E-state index < -0.39 is 0 Å². The molecule has 5 nitrogen and oxygen atoms in total. The van der Waals surface area contributed by atoms with Gasteiger partial charge in [-0.2, -0.15) is 5.10 Å². The maximum atomic E-state index is 4.62. The van der Waals surface area contributed by atoms with Crippen molar-refractivity contribution in [2.45, 2.75) is 13.8 Å². The lowest BCUT2D eigenvalue weighted by Crippen LogP contribution is -1.93. The normalized spacial score (nSPS) is 10.7. The number of imidazole rings is 1. The zero-order valence-electron chi connectivity index (χ0n) is 11.5. The maximum Gasteiger partial charge on any atom is 0.139 e. The summed E-state index contributed by atoms with van der Waals surface area (Å²) in [7, 11) is 0. The first-order chi connectivity index (χ1) is 9.65. The van der Waals surface area contributed by atoms with Gasteiger partial charge in [0.2, 0.25) is 0 Å². The van der Waals surface area contributed by atoms with Crippen LogP contribution >= 0.6 is 0 Å². The third-order valence-corrected chi connectivity index (χ3v) is 3.04. The second kappa shape index (κ2) is 4.77. The van der Waals surface area contributed by atoms with Gasteiger partial charge in [-0.15, -0.1) is 0 Å². The quantitative estimate of drug-likeness (QED) is 0.791. The number of pyridine rings is 1. The lowest BCUT2D eigenvalue weighted by Gasteiger charge is -1.96. The third kappa shape index (κ3) is 2.14. The average Bonchev–Trinajstić information content (AvgIpc) is 3.06. The summed E-state index contributed by atoms with van der Waals surface area (Å²) in [6, 6.07) is 5.80. The van der Waals surface area contributed by atoms with Crippen LogP contribution in [0.5, 0.6) is 0 Å². The van der Waals surface area contributed by atoms with Gasteiger partial charge in [0.15, 0.2) is 0 Å². The Morgan fingerprint density at radius 3 is 2.85 bits per heavy atom. The fourth-order valence-corrected chi connectivity index (χ4v) is 2.01. The van der Waals surface area contributed by atoms with Crippen LogP contribution in [0.1, 0.15) is 12.6 Å². The van der Waals surface area contributed by atoms with Gasteiger partial charge in [0, 0.05) is 35.5 Å². The topological polar surface area (TPSA) is 59.4 Å². The first-order valence-electron chi connectivity index (χ1n) is 6.34. The molecule has 3 heterocycles. The van der Waals surface area contributed by atoms with E-state index in [1.807, 2.05) is 38.2 Å². The number of H-pyrrole nitrogens is 1. The van der Waals surface area contributed by atoms with Crippen molar-refractivity contribution >= 4 is 5.70 Å². The molecule has 0 spiro atoms. The highest BCUT2D eigenvalue weighted by Crippen LogP contribution is 2.24. The van der Waals surface area contributed by atoms with Crippen molar-refractivity contribution in [3.63, 3.8) is 0 Å². The fourth-order valence-electron chi connectivity index (χ4n) is 2.01. The molecule has 0 amide bonds. The van der Waals surface area contributed by atoms with E-state index in [2.05, 4.69) is 26.6 Å². The van der Waals surface area contributed by atoms with Crippen molar-refractivity contribution in [2.24, 2.45) is 0 Å². The molecular weight excluding hydrogens is 250 g/mol. The molecule has 100 valence electrons. The van der Waals surface area contributed by atoms with Gasteiger partial charge in [0.1, 0.15) is 17.2 Å². The smallest absolute Gasteiger partial charge is 0.139 e. The van der Waals surface area contributed by atoms with Gasteiger partial charge in [0.05, 0.1) is 0 Å². The molecule has 0 aliphatic rings. The van der Waals surface area contributed by atoms with E-state index in [1.54, 1.807) is 17.1 Å². The van der Waals surface area contributed by atoms with Gasteiger partial charge >= 0.3 is 0 Å². The van der Waals surface area contributed by atoms with Crippen molar-refractivity contribution in [2.75, 3.05) is 0 Å². The van der Waals surface area contributed by atoms with Crippen LogP contribution in [-0.2, 0) is 0 Å². The van der Waals surface area contributed by atoms with E-state index in [9.17, 15) is 0 Å². The van der Waals surface area contributed by atoms with E-state index in [-0.39, 0.29) is 0 Å². The summed E-state index contributed by atoms with van der Waals surface area (Å²) in [5.41, 5.74) is 4.50. The zero-order chi connectivity index (χ0) is 14.1. The zero-order valence-corrected chi connectivity index (χ0v) is 11.5. The van der Waals surface area contributed by atoms with E-state index in [1.165, 1.54) is 0 Å². The summed E-state index contributed by atoms with van der Waals surface area (Å²) in [6.07, 6.45) is 5.42. The molecule has 0 aliphatic carbocycles. The van der Waals surface area contributed by atoms with Crippen LogP contribution < -0.4 is 0 Å². The second-order valence-corrected chi connectivity index (χ2v) is 4.68. The molecule has 20 heavy (non-hydrogen) atoms. The molecule has 0 saturated carbocycles. The molecular formula is C15H15N5. The van der Waals surface area contributed by atoms with Crippen LogP contribution in [-0.4, -0.2) is 24.7 Å². The van der Waals surface area contributed by atoms with Gasteiger partial charge in [0.25, 0.3) is 0 Å². The minimum Gasteiger partial charge on any atom is -0.341 e. The van der Waals surface area contributed by atoms with Crippen molar-refractivity contribution in [3.05, 3.63) is 49.1 Å². The lowest BCUT2D eigenvalue weighted by atomic mass is 10.3. The number of hydrogen-bond acceptors (Lipinski definition) is 3. The lowest BCUT2D eigenvalue weighted by molar-refractivity contribution is 0.900. The predicted molar refractivity (Wildman–Crippen MR) is 78.8 cm³/mol. The van der Waals surface area contributed by atoms with E-state index in [4.69, 9.17) is 0 Å². The number of aromatic nitrogens is 5. The van der Waals surface area contributed by atoms with Gasteiger partial charge in [-0.3, -0.25) is 4.98 Å². The summed E-state index contributed by atoms with van der Waals surface area (Å²) in [5, 5.41) is 4.47. The number of hydrogen-bond donors (Lipinski definition) is 1. The Morgan fingerprint density at radius 2 is 2.20 bits per heavy atom. The largest absolute Gasteiger partial charge is 0.341 e. The van der Waals surface area contributed by atoms with Gasteiger partial charge < -0.3 is 4.98 Å². The first-order valence-corrected chi connectivity index (χ1v) is 6.34. The second-order valence-electron chi connectivity index (χ2n) is 4.68. The summed E-state index contributed by atoms with van der Waals surface area (Å²) in [4.78, 5) is 12.0. The average molecular weight is 265 g/mol. The number of nitrogens with one attached hydrogen (secondary N) is 1. The maximum absolute atomic E-state index is 4.62. The van der Waals surface area contributed by atoms with Gasteiger partial charge in [-0.1, -0.05) is 6.58 Å².